The molecule has 6 heteroatoms. The van der Waals surface area contributed by atoms with E-state index >= 15 is 0 Å². The van der Waals surface area contributed by atoms with Gasteiger partial charge in [-0.1, -0.05) is 13.0 Å². The molecule has 2 saturated heterocycles. The van der Waals surface area contributed by atoms with Gasteiger partial charge < -0.3 is 19.5 Å². The SMILES string of the molecule is CCN1CCC[C@H]1CNC(=O)c1cc(CCOC2CCCCO2)cc2c1OCC2. The van der Waals surface area contributed by atoms with Crippen molar-refractivity contribution in [1.82, 2.24) is 10.2 Å². The zero-order chi connectivity index (χ0) is 20.1. The van der Waals surface area contributed by atoms with Crippen molar-refractivity contribution in [3.05, 3.63) is 28.8 Å². The van der Waals surface area contributed by atoms with Gasteiger partial charge in [-0.05, 0) is 68.8 Å². The molecule has 0 spiro atoms. The highest BCUT2D eigenvalue weighted by Crippen LogP contribution is 2.31. The Kier molecular flexibility index (Phi) is 7.06. The Hall–Kier alpha value is -1.63. The van der Waals surface area contributed by atoms with Crippen LogP contribution in [0.3, 0.4) is 0 Å². The predicted molar refractivity (Wildman–Crippen MR) is 111 cm³/mol. The van der Waals surface area contributed by atoms with E-state index in [2.05, 4.69) is 23.2 Å². The summed E-state index contributed by atoms with van der Waals surface area (Å²) in [4.78, 5) is 15.4. The highest BCUT2D eigenvalue weighted by Gasteiger charge is 2.26. The largest absolute Gasteiger partial charge is 0.492 e. The van der Waals surface area contributed by atoms with Crippen molar-refractivity contribution in [3.63, 3.8) is 0 Å². The number of hydrogen-bond donors (Lipinski definition) is 1. The third-order valence-corrected chi connectivity index (χ3v) is 6.32. The van der Waals surface area contributed by atoms with Crippen LogP contribution in [-0.4, -0.2) is 62.6 Å². The van der Waals surface area contributed by atoms with Gasteiger partial charge in [0.1, 0.15) is 5.75 Å². The summed E-state index contributed by atoms with van der Waals surface area (Å²) in [5.41, 5.74) is 2.94. The number of hydrogen-bond acceptors (Lipinski definition) is 5. The molecule has 4 rings (SSSR count). The van der Waals surface area contributed by atoms with Crippen LogP contribution < -0.4 is 10.1 Å². The summed E-state index contributed by atoms with van der Waals surface area (Å²) < 4.78 is 17.3. The number of carbonyl (C=O) groups is 1. The van der Waals surface area contributed by atoms with Crippen LogP contribution in [0.25, 0.3) is 0 Å². The zero-order valence-electron chi connectivity index (χ0n) is 17.6. The quantitative estimate of drug-likeness (QED) is 0.725. The molecule has 3 aliphatic heterocycles. The lowest BCUT2D eigenvalue weighted by Crippen LogP contribution is -2.40. The van der Waals surface area contributed by atoms with Gasteiger partial charge in [0.15, 0.2) is 6.29 Å². The van der Waals surface area contributed by atoms with Crippen LogP contribution in [0.1, 0.15) is 60.5 Å². The average Bonchev–Trinajstić information content (AvgIpc) is 3.41. The molecule has 6 nitrogen and oxygen atoms in total. The molecule has 2 atom stereocenters. The Labute approximate surface area is 173 Å². The fourth-order valence-electron chi connectivity index (χ4n) is 4.69. The Morgan fingerprint density at radius 1 is 1.24 bits per heavy atom. The first-order valence-corrected chi connectivity index (χ1v) is 11.3. The molecule has 0 saturated carbocycles. The second-order valence-corrected chi connectivity index (χ2v) is 8.28. The maximum absolute atomic E-state index is 13.0. The van der Waals surface area contributed by atoms with Gasteiger partial charge in [0.2, 0.25) is 0 Å². The summed E-state index contributed by atoms with van der Waals surface area (Å²) >= 11 is 0. The standard InChI is InChI=1S/C23H34N2O4/c1-2-25-10-5-6-19(25)16-24-23(26)20-15-17(14-18-9-13-29-22(18)20)8-12-28-21-7-3-4-11-27-21/h14-15,19,21H,2-13,16H2,1H3,(H,24,26)/t19-,21?/m0/s1. The number of likely N-dealkylation sites (tertiary alicyclic amines) is 1. The molecular weight excluding hydrogens is 368 g/mol. The zero-order valence-corrected chi connectivity index (χ0v) is 17.6. The third kappa shape index (κ3) is 5.11. The van der Waals surface area contributed by atoms with Crippen molar-refractivity contribution in [2.24, 2.45) is 0 Å². The molecule has 3 aliphatic rings. The van der Waals surface area contributed by atoms with E-state index in [1.54, 1.807) is 0 Å². The minimum atomic E-state index is -0.0720. The number of amides is 1. The van der Waals surface area contributed by atoms with E-state index < -0.39 is 0 Å². The third-order valence-electron chi connectivity index (χ3n) is 6.32. The van der Waals surface area contributed by atoms with Gasteiger partial charge in [0, 0.05) is 25.6 Å². The van der Waals surface area contributed by atoms with Gasteiger partial charge in [-0.25, -0.2) is 0 Å². The monoisotopic (exact) mass is 402 g/mol. The minimum Gasteiger partial charge on any atom is -0.492 e. The van der Waals surface area contributed by atoms with Crippen molar-refractivity contribution in [3.8, 4) is 5.75 Å². The van der Waals surface area contributed by atoms with E-state index in [1.165, 1.54) is 12.8 Å². The van der Waals surface area contributed by atoms with Crippen molar-refractivity contribution in [2.45, 2.75) is 64.2 Å². The van der Waals surface area contributed by atoms with Gasteiger partial charge in [-0.2, -0.15) is 0 Å². The highest BCUT2D eigenvalue weighted by atomic mass is 16.7. The Balaban J connectivity index is 1.37. The molecular formula is C23H34N2O4. The summed E-state index contributed by atoms with van der Waals surface area (Å²) in [6.07, 6.45) is 7.21. The molecule has 29 heavy (non-hydrogen) atoms. The van der Waals surface area contributed by atoms with E-state index in [0.717, 1.165) is 68.7 Å². The molecule has 160 valence electrons. The van der Waals surface area contributed by atoms with Crippen LogP contribution in [0.5, 0.6) is 5.75 Å². The van der Waals surface area contributed by atoms with E-state index in [4.69, 9.17) is 14.2 Å². The van der Waals surface area contributed by atoms with Crippen LogP contribution in [-0.2, 0) is 22.3 Å². The summed E-state index contributed by atoms with van der Waals surface area (Å²) in [7, 11) is 0. The highest BCUT2D eigenvalue weighted by molar-refractivity contribution is 5.97. The number of nitrogens with zero attached hydrogens (tertiary/aromatic N) is 1. The number of ether oxygens (including phenoxy) is 3. The Morgan fingerprint density at radius 2 is 2.17 bits per heavy atom. The molecule has 0 bridgehead atoms. The number of benzene rings is 1. The second kappa shape index (κ2) is 9.92. The summed E-state index contributed by atoms with van der Waals surface area (Å²) in [6, 6.07) is 4.60. The predicted octanol–water partition coefficient (Wildman–Crippen LogP) is 2.92. The average molecular weight is 403 g/mol. The number of fused-ring (bicyclic) bond motifs is 1. The van der Waals surface area contributed by atoms with E-state index in [1.807, 2.05) is 6.07 Å². The van der Waals surface area contributed by atoms with Crippen molar-refractivity contribution in [2.75, 3.05) is 39.5 Å². The van der Waals surface area contributed by atoms with Gasteiger partial charge in [0.25, 0.3) is 5.91 Å². The Morgan fingerprint density at radius 3 is 3.00 bits per heavy atom. The molecule has 1 aromatic rings. The summed E-state index contributed by atoms with van der Waals surface area (Å²) in [5.74, 6) is 0.742. The molecule has 1 aromatic carbocycles. The van der Waals surface area contributed by atoms with Crippen LogP contribution >= 0.6 is 0 Å². The summed E-state index contributed by atoms with van der Waals surface area (Å²) in [6.45, 7) is 7.12. The first-order valence-electron chi connectivity index (χ1n) is 11.3. The number of carbonyl (C=O) groups excluding carboxylic acids is 1. The molecule has 1 N–H and O–H groups in total. The first kappa shape index (κ1) is 20.6. The molecule has 1 unspecified atom stereocenters. The van der Waals surface area contributed by atoms with Crippen molar-refractivity contribution < 1.29 is 19.0 Å². The van der Waals surface area contributed by atoms with Crippen molar-refractivity contribution in [1.29, 1.82) is 0 Å². The van der Waals surface area contributed by atoms with E-state index in [-0.39, 0.29) is 12.2 Å². The summed E-state index contributed by atoms with van der Waals surface area (Å²) in [5, 5.41) is 3.16. The lowest BCUT2D eigenvalue weighted by molar-refractivity contribution is -0.161. The number of rotatable bonds is 8. The molecule has 2 fully saturated rings. The van der Waals surface area contributed by atoms with Crippen LogP contribution in [0.15, 0.2) is 12.1 Å². The van der Waals surface area contributed by atoms with Gasteiger partial charge in [-0.15, -0.1) is 0 Å². The number of nitrogens with one attached hydrogen (secondary N) is 1. The smallest absolute Gasteiger partial charge is 0.255 e. The van der Waals surface area contributed by atoms with E-state index in [0.29, 0.717) is 31.4 Å². The fraction of sp³-hybridized carbons (Fsp3) is 0.696. The van der Waals surface area contributed by atoms with E-state index in [9.17, 15) is 4.79 Å². The van der Waals surface area contributed by atoms with Crippen molar-refractivity contribution >= 4 is 5.91 Å². The van der Waals surface area contributed by atoms with Gasteiger partial charge in [-0.3, -0.25) is 9.69 Å². The van der Waals surface area contributed by atoms with Crippen LogP contribution in [0, 0.1) is 0 Å². The lowest BCUT2D eigenvalue weighted by Gasteiger charge is -2.23. The first-order chi connectivity index (χ1) is 14.2. The van der Waals surface area contributed by atoms with Crippen LogP contribution in [0.2, 0.25) is 0 Å². The number of likely N-dealkylation sites (N-methyl/N-ethyl adjacent to an activating group) is 1. The second-order valence-electron chi connectivity index (χ2n) is 8.28. The topological polar surface area (TPSA) is 60.0 Å². The minimum absolute atomic E-state index is 0.0236. The Bertz CT molecular complexity index is 702. The normalized spacial score (nSPS) is 24.3. The molecule has 1 amide bonds. The van der Waals surface area contributed by atoms with Gasteiger partial charge >= 0.3 is 0 Å². The maximum Gasteiger partial charge on any atom is 0.255 e. The van der Waals surface area contributed by atoms with Crippen LogP contribution in [0.4, 0.5) is 0 Å². The molecule has 3 heterocycles. The molecule has 0 aromatic heterocycles. The fourth-order valence-corrected chi connectivity index (χ4v) is 4.69. The maximum atomic E-state index is 13.0. The molecule has 0 radical (unpaired) electrons. The molecule has 0 aliphatic carbocycles. The van der Waals surface area contributed by atoms with Gasteiger partial charge in [0.05, 0.1) is 18.8 Å². The lowest BCUT2D eigenvalue weighted by atomic mass is 10.0.